The standard InChI is InChI=1S/C25H25F2N7O2/c1-17-4-2-3-5-21(17)31-8-10-32(11-9-31)23-24-30-34(25(36)33(24)7-6-28-23)16-22(35)29-15-18-12-19(26)14-20(27)13-18/h2-7,12-14H,8-11,15-16H2,1H3,(H,29,35). The van der Waals surface area contributed by atoms with Crippen LogP contribution in [0.2, 0.25) is 0 Å². The summed E-state index contributed by atoms with van der Waals surface area (Å²) in [4.78, 5) is 34.2. The molecule has 5 rings (SSSR count). The Morgan fingerprint density at radius 3 is 2.44 bits per heavy atom. The van der Waals surface area contributed by atoms with Crippen molar-refractivity contribution in [1.82, 2.24) is 24.5 Å². The second kappa shape index (κ2) is 9.76. The van der Waals surface area contributed by atoms with Gasteiger partial charge in [-0.2, -0.15) is 0 Å². The number of para-hydroxylation sites is 1. The smallest absolute Gasteiger partial charge is 0.350 e. The summed E-state index contributed by atoms with van der Waals surface area (Å²) in [5.41, 5.74) is 2.60. The van der Waals surface area contributed by atoms with E-state index in [2.05, 4.69) is 44.3 Å². The number of aryl methyl sites for hydroxylation is 1. The number of hydrogen-bond donors (Lipinski definition) is 1. The first-order chi connectivity index (χ1) is 17.4. The number of carbonyl (C=O) groups is 1. The zero-order chi connectivity index (χ0) is 25.2. The molecule has 1 aliphatic heterocycles. The first-order valence-electron chi connectivity index (χ1n) is 11.6. The van der Waals surface area contributed by atoms with Gasteiger partial charge in [0.2, 0.25) is 11.6 Å². The molecule has 0 atom stereocenters. The van der Waals surface area contributed by atoms with Crippen molar-refractivity contribution in [3.05, 3.63) is 88.1 Å². The molecular weight excluding hydrogens is 468 g/mol. The number of fused-ring (bicyclic) bond motifs is 1. The molecule has 4 aromatic rings. The van der Waals surface area contributed by atoms with Gasteiger partial charge in [0.15, 0.2) is 5.82 Å². The quantitative estimate of drug-likeness (QED) is 0.443. The topological polar surface area (TPSA) is 87.8 Å². The Labute approximate surface area is 205 Å². The number of rotatable bonds is 6. The Morgan fingerprint density at radius 2 is 1.72 bits per heavy atom. The molecule has 0 unspecified atom stereocenters. The van der Waals surface area contributed by atoms with Crippen LogP contribution in [0.5, 0.6) is 0 Å². The van der Waals surface area contributed by atoms with Gasteiger partial charge in [-0.05, 0) is 36.2 Å². The average Bonchev–Trinajstić information content (AvgIpc) is 3.18. The molecule has 1 saturated heterocycles. The third-order valence-electron chi connectivity index (χ3n) is 6.22. The minimum Gasteiger partial charge on any atom is -0.368 e. The van der Waals surface area contributed by atoms with Crippen LogP contribution >= 0.6 is 0 Å². The number of carbonyl (C=O) groups excluding carboxylic acids is 1. The van der Waals surface area contributed by atoms with Crippen LogP contribution in [-0.2, 0) is 17.9 Å². The molecule has 0 radical (unpaired) electrons. The van der Waals surface area contributed by atoms with Crippen LogP contribution < -0.4 is 20.8 Å². The van der Waals surface area contributed by atoms with E-state index in [0.29, 0.717) is 24.6 Å². The molecule has 2 aromatic heterocycles. The van der Waals surface area contributed by atoms with Crippen molar-refractivity contribution in [3.8, 4) is 0 Å². The molecule has 1 fully saturated rings. The Kier molecular flexibility index (Phi) is 6.36. The Balaban J connectivity index is 1.29. The first-order valence-corrected chi connectivity index (χ1v) is 11.6. The molecule has 1 amide bonds. The molecule has 1 N–H and O–H groups in total. The van der Waals surface area contributed by atoms with Crippen molar-refractivity contribution in [2.75, 3.05) is 36.0 Å². The average molecular weight is 494 g/mol. The lowest BCUT2D eigenvalue weighted by molar-refractivity contribution is -0.122. The number of halogens is 2. The van der Waals surface area contributed by atoms with E-state index in [-0.39, 0.29) is 18.7 Å². The number of hydrogen-bond acceptors (Lipinski definition) is 6. The van der Waals surface area contributed by atoms with Crippen molar-refractivity contribution in [1.29, 1.82) is 0 Å². The van der Waals surface area contributed by atoms with Crippen LogP contribution in [0.15, 0.2) is 59.7 Å². The molecule has 3 heterocycles. The minimum absolute atomic E-state index is 0.0758. The molecule has 1 aliphatic rings. The van der Waals surface area contributed by atoms with Gasteiger partial charge in [-0.25, -0.2) is 27.6 Å². The van der Waals surface area contributed by atoms with E-state index in [1.807, 2.05) is 12.1 Å². The summed E-state index contributed by atoms with van der Waals surface area (Å²) in [5, 5.41) is 6.93. The molecule has 36 heavy (non-hydrogen) atoms. The van der Waals surface area contributed by atoms with Crippen molar-refractivity contribution in [2.24, 2.45) is 0 Å². The number of amides is 1. The number of nitrogens with zero attached hydrogens (tertiary/aromatic N) is 6. The second-order valence-corrected chi connectivity index (χ2v) is 8.70. The number of nitrogens with one attached hydrogen (secondary N) is 1. The maximum Gasteiger partial charge on any atom is 0.350 e. The second-order valence-electron chi connectivity index (χ2n) is 8.70. The van der Waals surface area contributed by atoms with Gasteiger partial charge < -0.3 is 15.1 Å². The normalized spacial score (nSPS) is 13.9. The number of anilines is 2. The molecule has 11 heteroatoms. The third-order valence-corrected chi connectivity index (χ3v) is 6.22. The van der Waals surface area contributed by atoms with Crippen LogP contribution in [0.25, 0.3) is 5.65 Å². The zero-order valence-electron chi connectivity index (χ0n) is 19.7. The SMILES string of the molecule is Cc1ccccc1N1CCN(c2nccn3c(=O)n(CC(=O)NCc4cc(F)cc(F)c4)nc23)CC1. The summed E-state index contributed by atoms with van der Waals surface area (Å²) in [7, 11) is 0. The lowest BCUT2D eigenvalue weighted by Gasteiger charge is -2.37. The summed E-state index contributed by atoms with van der Waals surface area (Å²) in [6.45, 7) is 4.67. The molecule has 186 valence electrons. The Bertz CT molecular complexity index is 1450. The van der Waals surface area contributed by atoms with Crippen LogP contribution in [0.1, 0.15) is 11.1 Å². The monoisotopic (exact) mass is 493 g/mol. The molecule has 9 nitrogen and oxygen atoms in total. The maximum atomic E-state index is 13.4. The fraction of sp³-hybridized carbons (Fsp3) is 0.280. The first kappa shape index (κ1) is 23.5. The van der Waals surface area contributed by atoms with Gasteiger partial charge in [0.1, 0.15) is 18.2 Å². The highest BCUT2D eigenvalue weighted by molar-refractivity contribution is 5.75. The minimum atomic E-state index is -0.726. The van der Waals surface area contributed by atoms with E-state index in [9.17, 15) is 18.4 Å². The van der Waals surface area contributed by atoms with E-state index >= 15 is 0 Å². The van der Waals surface area contributed by atoms with Gasteiger partial charge in [-0.15, -0.1) is 5.10 Å². The summed E-state index contributed by atoms with van der Waals surface area (Å²) in [6, 6.07) is 11.3. The molecule has 0 bridgehead atoms. The van der Waals surface area contributed by atoms with Crippen molar-refractivity contribution < 1.29 is 13.6 Å². The number of benzene rings is 2. The lowest BCUT2D eigenvalue weighted by atomic mass is 10.1. The Hall–Kier alpha value is -4.28. The summed E-state index contributed by atoms with van der Waals surface area (Å²) in [5.74, 6) is -1.38. The highest BCUT2D eigenvalue weighted by atomic mass is 19.1. The number of piperazine rings is 1. The van der Waals surface area contributed by atoms with E-state index < -0.39 is 23.2 Å². The van der Waals surface area contributed by atoms with Crippen LogP contribution in [-0.4, -0.2) is 51.3 Å². The van der Waals surface area contributed by atoms with Crippen molar-refractivity contribution >= 4 is 23.1 Å². The molecule has 0 spiro atoms. The third kappa shape index (κ3) is 4.77. The highest BCUT2D eigenvalue weighted by Crippen LogP contribution is 2.23. The zero-order valence-corrected chi connectivity index (χ0v) is 19.7. The maximum absolute atomic E-state index is 13.4. The van der Waals surface area contributed by atoms with Gasteiger partial charge in [0.05, 0.1) is 0 Å². The predicted molar refractivity (Wildman–Crippen MR) is 131 cm³/mol. The largest absolute Gasteiger partial charge is 0.368 e. The van der Waals surface area contributed by atoms with Gasteiger partial charge in [-0.3, -0.25) is 4.79 Å². The van der Waals surface area contributed by atoms with E-state index in [1.54, 1.807) is 6.20 Å². The van der Waals surface area contributed by atoms with E-state index in [0.717, 1.165) is 36.0 Å². The van der Waals surface area contributed by atoms with Gasteiger partial charge in [0, 0.05) is 56.9 Å². The summed E-state index contributed by atoms with van der Waals surface area (Å²) < 4.78 is 29.2. The van der Waals surface area contributed by atoms with Crippen molar-refractivity contribution in [3.63, 3.8) is 0 Å². The van der Waals surface area contributed by atoms with Crippen LogP contribution in [0, 0.1) is 18.6 Å². The molecule has 0 saturated carbocycles. The van der Waals surface area contributed by atoms with Gasteiger partial charge in [0.25, 0.3) is 0 Å². The summed E-state index contributed by atoms with van der Waals surface area (Å²) >= 11 is 0. The van der Waals surface area contributed by atoms with Gasteiger partial charge in [-0.1, -0.05) is 18.2 Å². The molecule has 0 aliphatic carbocycles. The predicted octanol–water partition coefficient (Wildman–Crippen LogP) is 2.12. The fourth-order valence-corrected chi connectivity index (χ4v) is 4.44. The van der Waals surface area contributed by atoms with Gasteiger partial charge >= 0.3 is 5.69 Å². The van der Waals surface area contributed by atoms with E-state index in [4.69, 9.17) is 0 Å². The van der Waals surface area contributed by atoms with Crippen LogP contribution in [0.3, 0.4) is 0 Å². The lowest BCUT2D eigenvalue weighted by Crippen LogP contribution is -2.47. The Morgan fingerprint density at radius 1 is 1.03 bits per heavy atom. The molecule has 2 aromatic carbocycles. The van der Waals surface area contributed by atoms with Crippen LogP contribution in [0.4, 0.5) is 20.3 Å². The van der Waals surface area contributed by atoms with Crippen molar-refractivity contribution in [2.45, 2.75) is 20.0 Å². The summed E-state index contributed by atoms with van der Waals surface area (Å²) in [6.07, 6.45) is 3.06. The number of aromatic nitrogens is 4. The fourth-order valence-electron chi connectivity index (χ4n) is 4.44. The highest BCUT2D eigenvalue weighted by Gasteiger charge is 2.23. The van der Waals surface area contributed by atoms with E-state index in [1.165, 1.54) is 21.8 Å². The molecular formula is C25H25F2N7O2.